The summed E-state index contributed by atoms with van der Waals surface area (Å²) in [7, 11) is 1.47. The number of hydrogen-bond donors (Lipinski definition) is 1. The zero-order valence-corrected chi connectivity index (χ0v) is 7.75. The van der Waals surface area contributed by atoms with Gasteiger partial charge >= 0.3 is 0 Å². The molecule has 1 aromatic carbocycles. The van der Waals surface area contributed by atoms with Gasteiger partial charge in [0.05, 0.1) is 6.61 Å². The molecule has 3 heteroatoms. The Morgan fingerprint density at radius 2 is 2.23 bits per heavy atom. The standard InChI is InChI=1S/C10H13FO2/c1-7-4-3-5-8(10(7)11)9(12)6-13-2/h3-5,9,12H,6H2,1-2H3. The first-order valence-corrected chi connectivity index (χ1v) is 4.09. The molecule has 0 bridgehead atoms. The molecule has 13 heavy (non-hydrogen) atoms. The van der Waals surface area contributed by atoms with Gasteiger partial charge in [0.1, 0.15) is 11.9 Å². The van der Waals surface area contributed by atoms with Crippen LogP contribution in [0.5, 0.6) is 0 Å². The fourth-order valence-corrected chi connectivity index (χ4v) is 1.18. The van der Waals surface area contributed by atoms with Gasteiger partial charge in [0.15, 0.2) is 0 Å². The third-order valence-electron chi connectivity index (χ3n) is 1.91. The fourth-order valence-electron chi connectivity index (χ4n) is 1.18. The molecule has 0 fully saturated rings. The van der Waals surface area contributed by atoms with E-state index in [1.54, 1.807) is 25.1 Å². The summed E-state index contributed by atoms with van der Waals surface area (Å²) in [5, 5.41) is 9.46. The molecule has 0 radical (unpaired) electrons. The maximum Gasteiger partial charge on any atom is 0.131 e. The summed E-state index contributed by atoms with van der Waals surface area (Å²) >= 11 is 0. The van der Waals surface area contributed by atoms with E-state index in [2.05, 4.69) is 0 Å². The Hall–Kier alpha value is -0.930. The summed E-state index contributed by atoms with van der Waals surface area (Å²) in [4.78, 5) is 0. The summed E-state index contributed by atoms with van der Waals surface area (Å²) < 4.78 is 18.1. The Bertz CT molecular complexity index is 286. The van der Waals surface area contributed by atoms with E-state index in [0.29, 0.717) is 11.1 Å². The molecule has 0 saturated heterocycles. The van der Waals surface area contributed by atoms with Gasteiger partial charge in [-0.2, -0.15) is 0 Å². The van der Waals surface area contributed by atoms with E-state index in [1.807, 2.05) is 0 Å². The quantitative estimate of drug-likeness (QED) is 0.776. The second-order valence-electron chi connectivity index (χ2n) is 2.95. The normalized spacial score (nSPS) is 12.9. The molecule has 0 aliphatic heterocycles. The predicted octanol–water partition coefficient (Wildman–Crippen LogP) is 1.81. The van der Waals surface area contributed by atoms with Gasteiger partial charge in [0, 0.05) is 12.7 Å². The number of benzene rings is 1. The maximum absolute atomic E-state index is 13.4. The molecule has 0 heterocycles. The highest BCUT2D eigenvalue weighted by Crippen LogP contribution is 2.19. The molecule has 0 aromatic heterocycles. The first-order valence-electron chi connectivity index (χ1n) is 4.09. The molecule has 0 aliphatic rings. The average Bonchev–Trinajstić information content (AvgIpc) is 2.10. The van der Waals surface area contributed by atoms with Crippen LogP contribution in [0.1, 0.15) is 17.2 Å². The van der Waals surface area contributed by atoms with Gasteiger partial charge in [-0.05, 0) is 12.5 Å². The Kier molecular flexibility index (Phi) is 3.39. The van der Waals surface area contributed by atoms with Crippen molar-refractivity contribution in [3.05, 3.63) is 35.1 Å². The predicted molar refractivity (Wildman–Crippen MR) is 48.0 cm³/mol. The lowest BCUT2D eigenvalue weighted by Gasteiger charge is -2.11. The van der Waals surface area contributed by atoms with Crippen molar-refractivity contribution < 1.29 is 14.2 Å². The summed E-state index contributed by atoms with van der Waals surface area (Å²) in [6.07, 6.45) is -0.884. The van der Waals surface area contributed by atoms with E-state index in [1.165, 1.54) is 7.11 Å². The highest BCUT2D eigenvalue weighted by Gasteiger charge is 2.13. The van der Waals surface area contributed by atoms with Crippen molar-refractivity contribution >= 4 is 0 Å². The van der Waals surface area contributed by atoms with Crippen LogP contribution in [0.4, 0.5) is 4.39 Å². The van der Waals surface area contributed by atoms with Crippen LogP contribution in [0.3, 0.4) is 0 Å². The number of aliphatic hydroxyl groups excluding tert-OH is 1. The number of aliphatic hydroxyl groups is 1. The van der Waals surface area contributed by atoms with Crippen molar-refractivity contribution in [2.45, 2.75) is 13.0 Å². The Balaban J connectivity index is 2.93. The Morgan fingerprint density at radius 3 is 2.85 bits per heavy atom. The van der Waals surface area contributed by atoms with Gasteiger partial charge in [-0.25, -0.2) is 4.39 Å². The maximum atomic E-state index is 13.4. The molecule has 1 unspecified atom stereocenters. The number of halogens is 1. The smallest absolute Gasteiger partial charge is 0.131 e. The first kappa shape index (κ1) is 10.2. The molecule has 0 aliphatic carbocycles. The van der Waals surface area contributed by atoms with E-state index in [9.17, 15) is 9.50 Å². The number of methoxy groups -OCH3 is 1. The molecule has 1 aromatic rings. The molecule has 1 atom stereocenters. The number of rotatable bonds is 3. The molecule has 0 amide bonds. The van der Waals surface area contributed by atoms with Crippen molar-refractivity contribution in [2.75, 3.05) is 13.7 Å². The van der Waals surface area contributed by atoms with Gasteiger partial charge in [-0.3, -0.25) is 0 Å². The van der Waals surface area contributed by atoms with Crippen molar-refractivity contribution in [3.8, 4) is 0 Å². The topological polar surface area (TPSA) is 29.5 Å². The van der Waals surface area contributed by atoms with E-state index >= 15 is 0 Å². The molecular formula is C10H13FO2. The molecule has 2 nitrogen and oxygen atoms in total. The van der Waals surface area contributed by atoms with Crippen LogP contribution in [-0.2, 0) is 4.74 Å². The minimum absolute atomic E-state index is 0.111. The molecule has 1 N–H and O–H groups in total. The molecule has 0 saturated carbocycles. The van der Waals surface area contributed by atoms with Crippen molar-refractivity contribution in [3.63, 3.8) is 0 Å². The summed E-state index contributed by atoms with van der Waals surface area (Å²) in [5.41, 5.74) is 0.828. The van der Waals surface area contributed by atoms with E-state index in [4.69, 9.17) is 4.74 Å². The lowest BCUT2D eigenvalue weighted by molar-refractivity contribution is 0.0620. The van der Waals surface area contributed by atoms with Gasteiger partial charge in [-0.1, -0.05) is 18.2 Å². The van der Waals surface area contributed by atoms with Gasteiger partial charge in [-0.15, -0.1) is 0 Å². The SMILES string of the molecule is COCC(O)c1cccc(C)c1F. The zero-order chi connectivity index (χ0) is 9.84. The second-order valence-corrected chi connectivity index (χ2v) is 2.95. The van der Waals surface area contributed by atoms with E-state index < -0.39 is 6.10 Å². The highest BCUT2D eigenvalue weighted by atomic mass is 19.1. The van der Waals surface area contributed by atoms with Crippen LogP contribution in [-0.4, -0.2) is 18.8 Å². The molecule has 72 valence electrons. The van der Waals surface area contributed by atoms with Crippen molar-refractivity contribution in [1.29, 1.82) is 0 Å². The number of aryl methyl sites for hydroxylation is 1. The van der Waals surface area contributed by atoms with Gasteiger partial charge < -0.3 is 9.84 Å². The van der Waals surface area contributed by atoms with Crippen LogP contribution in [0.25, 0.3) is 0 Å². The van der Waals surface area contributed by atoms with Crippen LogP contribution < -0.4 is 0 Å². The van der Waals surface area contributed by atoms with Crippen LogP contribution in [0, 0.1) is 12.7 Å². The van der Waals surface area contributed by atoms with Crippen molar-refractivity contribution in [2.24, 2.45) is 0 Å². The zero-order valence-electron chi connectivity index (χ0n) is 7.75. The van der Waals surface area contributed by atoms with Crippen LogP contribution in [0.15, 0.2) is 18.2 Å². The lowest BCUT2D eigenvalue weighted by atomic mass is 10.1. The molecular weight excluding hydrogens is 171 g/mol. The highest BCUT2D eigenvalue weighted by molar-refractivity contribution is 5.26. The average molecular weight is 184 g/mol. The minimum Gasteiger partial charge on any atom is -0.386 e. The monoisotopic (exact) mass is 184 g/mol. The minimum atomic E-state index is -0.884. The first-order chi connectivity index (χ1) is 6.16. The number of hydrogen-bond acceptors (Lipinski definition) is 2. The second kappa shape index (κ2) is 4.35. The number of ether oxygens (including phenoxy) is 1. The molecule has 0 spiro atoms. The van der Waals surface area contributed by atoms with Crippen LogP contribution in [0.2, 0.25) is 0 Å². The Labute approximate surface area is 77.0 Å². The largest absolute Gasteiger partial charge is 0.386 e. The fraction of sp³-hybridized carbons (Fsp3) is 0.400. The Morgan fingerprint density at radius 1 is 1.54 bits per heavy atom. The lowest BCUT2D eigenvalue weighted by Crippen LogP contribution is -2.07. The third-order valence-corrected chi connectivity index (χ3v) is 1.91. The summed E-state index contributed by atoms with van der Waals surface area (Å²) in [5.74, 6) is -0.355. The third kappa shape index (κ3) is 2.26. The van der Waals surface area contributed by atoms with Gasteiger partial charge in [0.25, 0.3) is 0 Å². The van der Waals surface area contributed by atoms with Crippen molar-refractivity contribution in [1.82, 2.24) is 0 Å². The van der Waals surface area contributed by atoms with E-state index in [0.717, 1.165) is 0 Å². The summed E-state index contributed by atoms with van der Waals surface area (Å²) in [6, 6.07) is 4.94. The summed E-state index contributed by atoms with van der Waals surface area (Å²) in [6.45, 7) is 1.78. The van der Waals surface area contributed by atoms with Crippen LogP contribution >= 0.6 is 0 Å². The molecule has 1 rings (SSSR count). The van der Waals surface area contributed by atoms with E-state index in [-0.39, 0.29) is 12.4 Å². The van der Waals surface area contributed by atoms with Gasteiger partial charge in [0.2, 0.25) is 0 Å².